The lowest BCUT2D eigenvalue weighted by atomic mass is 10.2. The predicted octanol–water partition coefficient (Wildman–Crippen LogP) is 3.33. The zero-order valence-corrected chi connectivity index (χ0v) is 10.9. The molecule has 2 heterocycles. The van der Waals surface area contributed by atoms with Gasteiger partial charge in [0.1, 0.15) is 29.1 Å². The zero-order valence-electron chi connectivity index (χ0n) is 10.1. The van der Waals surface area contributed by atoms with E-state index in [1.54, 1.807) is 12.1 Å². The summed E-state index contributed by atoms with van der Waals surface area (Å²) in [5, 5.41) is 13.4. The Hall–Kier alpha value is -2.34. The highest BCUT2D eigenvalue weighted by molar-refractivity contribution is 6.28. The highest BCUT2D eigenvalue weighted by Gasteiger charge is 2.10. The number of phenols is 1. The largest absolute Gasteiger partial charge is 0.506 e. The van der Waals surface area contributed by atoms with E-state index in [2.05, 4.69) is 15.3 Å². The molecule has 2 N–H and O–H groups in total. The molecule has 0 unspecified atom stereocenters. The summed E-state index contributed by atoms with van der Waals surface area (Å²) in [4.78, 5) is 8.04. The smallest absolute Gasteiger partial charge is 0.225 e. The van der Waals surface area contributed by atoms with Crippen molar-refractivity contribution < 1.29 is 13.9 Å². The van der Waals surface area contributed by atoms with E-state index < -0.39 is 5.82 Å². The van der Waals surface area contributed by atoms with Crippen molar-refractivity contribution in [2.24, 2.45) is 0 Å². The van der Waals surface area contributed by atoms with Crippen LogP contribution in [0.25, 0.3) is 10.9 Å². The van der Waals surface area contributed by atoms with Crippen molar-refractivity contribution >= 4 is 28.3 Å². The Kier molecular flexibility index (Phi) is 3.15. The van der Waals surface area contributed by atoms with Gasteiger partial charge in [0, 0.05) is 11.5 Å². The summed E-state index contributed by atoms with van der Waals surface area (Å²) in [6.07, 6.45) is 1.02. The summed E-state index contributed by atoms with van der Waals surface area (Å²) in [5.41, 5.74) is 0.348. The molecule has 0 aliphatic rings. The average molecular weight is 294 g/mol. The number of rotatable bonds is 3. The van der Waals surface area contributed by atoms with Crippen molar-refractivity contribution in [2.45, 2.75) is 6.54 Å². The van der Waals surface area contributed by atoms with Crippen LogP contribution in [0.5, 0.6) is 5.75 Å². The summed E-state index contributed by atoms with van der Waals surface area (Å²) in [6.45, 7) is 0.238. The Bertz CT molecular complexity index is 775. The van der Waals surface area contributed by atoms with Crippen LogP contribution in [0.2, 0.25) is 5.28 Å². The monoisotopic (exact) mass is 293 g/mol. The Morgan fingerprint density at radius 3 is 2.95 bits per heavy atom. The van der Waals surface area contributed by atoms with E-state index >= 15 is 0 Å². The van der Waals surface area contributed by atoms with Gasteiger partial charge in [-0.15, -0.1) is 0 Å². The van der Waals surface area contributed by atoms with Crippen molar-refractivity contribution in [2.75, 3.05) is 5.32 Å². The molecular weight excluding hydrogens is 285 g/mol. The quantitative estimate of drug-likeness (QED) is 0.725. The number of aromatic nitrogens is 2. The van der Waals surface area contributed by atoms with Gasteiger partial charge in [-0.25, -0.2) is 14.4 Å². The van der Waals surface area contributed by atoms with E-state index in [0.717, 1.165) is 6.26 Å². The molecule has 0 bridgehead atoms. The molecule has 0 aliphatic heterocycles. The van der Waals surface area contributed by atoms with Crippen LogP contribution in [0.1, 0.15) is 5.76 Å². The van der Waals surface area contributed by atoms with Crippen molar-refractivity contribution in [1.82, 2.24) is 9.97 Å². The van der Waals surface area contributed by atoms with Crippen LogP contribution < -0.4 is 5.32 Å². The molecule has 1 aromatic carbocycles. The molecule has 5 nitrogen and oxygen atoms in total. The first kappa shape index (κ1) is 12.7. The molecule has 102 valence electrons. The van der Waals surface area contributed by atoms with E-state index in [4.69, 9.17) is 16.0 Å². The molecule has 3 aromatic rings. The van der Waals surface area contributed by atoms with E-state index in [0.29, 0.717) is 22.5 Å². The highest BCUT2D eigenvalue weighted by Crippen LogP contribution is 2.28. The van der Waals surface area contributed by atoms with E-state index in [-0.39, 0.29) is 17.6 Å². The molecule has 7 heteroatoms. The summed E-state index contributed by atoms with van der Waals surface area (Å²) < 4.78 is 17.8. The van der Waals surface area contributed by atoms with Crippen LogP contribution in [0.15, 0.2) is 34.9 Å². The highest BCUT2D eigenvalue weighted by atomic mass is 35.5. The molecule has 0 saturated carbocycles. The van der Waals surface area contributed by atoms with Gasteiger partial charge >= 0.3 is 0 Å². The van der Waals surface area contributed by atoms with Gasteiger partial charge in [0.25, 0.3) is 0 Å². The lowest BCUT2D eigenvalue weighted by Gasteiger charge is -2.08. The SMILES string of the molecule is Oc1cccc2c(NCc3cc(F)co3)nc(Cl)nc12. The van der Waals surface area contributed by atoms with E-state index in [1.807, 2.05) is 0 Å². The van der Waals surface area contributed by atoms with Gasteiger partial charge < -0.3 is 14.8 Å². The van der Waals surface area contributed by atoms with Crippen LogP contribution >= 0.6 is 11.6 Å². The third-order valence-electron chi connectivity index (χ3n) is 2.73. The molecule has 0 atom stereocenters. The van der Waals surface area contributed by atoms with Crippen LogP contribution in [0.4, 0.5) is 10.2 Å². The number of para-hydroxylation sites is 1. The number of benzene rings is 1. The third-order valence-corrected chi connectivity index (χ3v) is 2.90. The first-order valence-electron chi connectivity index (χ1n) is 5.75. The maximum Gasteiger partial charge on any atom is 0.225 e. The number of anilines is 1. The Morgan fingerprint density at radius 2 is 2.20 bits per heavy atom. The van der Waals surface area contributed by atoms with Crippen molar-refractivity contribution in [3.8, 4) is 5.75 Å². The number of hydrogen-bond acceptors (Lipinski definition) is 5. The number of nitrogens with zero attached hydrogens (tertiary/aromatic N) is 2. The molecule has 0 aliphatic carbocycles. The summed E-state index contributed by atoms with van der Waals surface area (Å²) in [7, 11) is 0. The number of nitrogens with one attached hydrogen (secondary N) is 1. The molecule has 0 radical (unpaired) electrons. The zero-order chi connectivity index (χ0) is 14.1. The molecule has 0 spiro atoms. The van der Waals surface area contributed by atoms with Gasteiger partial charge in [-0.05, 0) is 23.7 Å². The fourth-order valence-corrected chi connectivity index (χ4v) is 2.03. The minimum Gasteiger partial charge on any atom is -0.506 e. The summed E-state index contributed by atoms with van der Waals surface area (Å²) in [6, 6.07) is 6.20. The maximum atomic E-state index is 12.8. The van der Waals surface area contributed by atoms with Crippen molar-refractivity contribution in [1.29, 1.82) is 0 Å². The molecule has 0 amide bonds. The Balaban J connectivity index is 1.96. The normalized spacial score (nSPS) is 10.9. The van der Waals surface area contributed by atoms with Crippen LogP contribution in [0.3, 0.4) is 0 Å². The fourth-order valence-electron chi connectivity index (χ4n) is 1.86. The molecule has 3 rings (SSSR count). The number of fused-ring (bicyclic) bond motifs is 1. The second kappa shape index (κ2) is 4.97. The van der Waals surface area contributed by atoms with Gasteiger partial charge in [-0.2, -0.15) is 0 Å². The van der Waals surface area contributed by atoms with Gasteiger partial charge in [-0.3, -0.25) is 0 Å². The van der Waals surface area contributed by atoms with Gasteiger partial charge in [0.15, 0.2) is 5.82 Å². The van der Waals surface area contributed by atoms with Crippen LogP contribution in [0, 0.1) is 5.82 Å². The third kappa shape index (κ3) is 2.37. The Labute approximate surface area is 118 Å². The number of phenolic OH excluding ortho intramolecular Hbond substituents is 1. The first-order valence-corrected chi connectivity index (χ1v) is 6.13. The predicted molar refractivity (Wildman–Crippen MR) is 72.2 cm³/mol. The fraction of sp³-hybridized carbons (Fsp3) is 0.0769. The molecule has 0 fully saturated rings. The van der Waals surface area contributed by atoms with Gasteiger partial charge in [0.05, 0.1) is 6.54 Å². The minimum atomic E-state index is -0.440. The van der Waals surface area contributed by atoms with E-state index in [1.165, 1.54) is 12.1 Å². The van der Waals surface area contributed by atoms with Crippen molar-refractivity contribution in [3.63, 3.8) is 0 Å². The average Bonchev–Trinajstić information content (AvgIpc) is 2.83. The maximum absolute atomic E-state index is 12.8. The number of halogens is 2. The number of hydrogen-bond donors (Lipinski definition) is 2. The summed E-state index contributed by atoms with van der Waals surface area (Å²) >= 11 is 5.82. The number of aromatic hydroxyl groups is 1. The first-order chi connectivity index (χ1) is 9.63. The second-order valence-corrected chi connectivity index (χ2v) is 4.44. The topological polar surface area (TPSA) is 71.2 Å². The standard InChI is InChI=1S/C13H9ClFN3O2/c14-13-17-11-9(2-1-3-10(11)19)12(18-13)16-5-8-4-7(15)6-20-8/h1-4,6,19H,5H2,(H,16,17,18). The lowest BCUT2D eigenvalue weighted by Crippen LogP contribution is -2.02. The van der Waals surface area contributed by atoms with Crippen LogP contribution in [-0.4, -0.2) is 15.1 Å². The molecule has 0 saturated heterocycles. The number of furan rings is 1. The summed E-state index contributed by atoms with van der Waals surface area (Å²) in [5.74, 6) is 0.433. The minimum absolute atomic E-state index is 0.00660. The second-order valence-electron chi connectivity index (χ2n) is 4.10. The van der Waals surface area contributed by atoms with Crippen molar-refractivity contribution in [3.05, 3.63) is 47.4 Å². The Morgan fingerprint density at radius 1 is 1.35 bits per heavy atom. The van der Waals surface area contributed by atoms with Crippen LogP contribution in [-0.2, 0) is 6.54 Å². The van der Waals surface area contributed by atoms with E-state index in [9.17, 15) is 9.50 Å². The van der Waals surface area contributed by atoms with Gasteiger partial charge in [0.2, 0.25) is 5.28 Å². The van der Waals surface area contributed by atoms with Gasteiger partial charge in [-0.1, -0.05) is 6.07 Å². The lowest BCUT2D eigenvalue weighted by molar-refractivity contribution is 0.480. The molecular formula is C13H9ClFN3O2. The molecule has 20 heavy (non-hydrogen) atoms. The molecule has 2 aromatic heterocycles.